The molecular weight excluding hydrogens is 294 g/mol. The second-order valence-corrected chi connectivity index (χ2v) is 7.58. The van der Waals surface area contributed by atoms with Gasteiger partial charge in [-0.2, -0.15) is 0 Å². The van der Waals surface area contributed by atoms with E-state index < -0.39 is 9.84 Å². The van der Waals surface area contributed by atoms with Gasteiger partial charge in [-0.05, 0) is 30.3 Å². The first-order chi connectivity index (χ1) is 9.55. The third kappa shape index (κ3) is 4.70. The van der Waals surface area contributed by atoms with Gasteiger partial charge in [-0.3, -0.25) is 0 Å². The molecule has 0 bridgehead atoms. The maximum absolute atomic E-state index is 11.3. The van der Waals surface area contributed by atoms with Crippen molar-refractivity contribution in [3.05, 3.63) is 48.4 Å². The molecule has 0 amide bonds. The molecule has 0 fully saturated rings. The lowest BCUT2D eigenvalue weighted by molar-refractivity contribution is 0.561. The van der Waals surface area contributed by atoms with E-state index in [9.17, 15) is 8.42 Å². The van der Waals surface area contributed by atoms with Crippen LogP contribution in [0.1, 0.15) is 5.56 Å². The van der Waals surface area contributed by atoms with E-state index in [1.807, 2.05) is 18.2 Å². The Morgan fingerprint density at radius 1 is 1.20 bits per heavy atom. The second kappa shape index (κ2) is 6.97. The molecule has 0 saturated heterocycles. The molecule has 2 aromatic rings. The van der Waals surface area contributed by atoms with Crippen molar-refractivity contribution in [2.45, 2.75) is 16.3 Å². The van der Waals surface area contributed by atoms with E-state index in [2.05, 4.69) is 5.32 Å². The number of benzene rings is 1. The summed E-state index contributed by atoms with van der Waals surface area (Å²) in [5.74, 6) is 0.927. The van der Waals surface area contributed by atoms with Gasteiger partial charge in [0, 0.05) is 35.6 Å². The second-order valence-electron chi connectivity index (χ2n) is 4.40. The standard InChI is InChI=1S/C14H17NO3S2/c1-20(16,17)14-4-2-13(3-5-14)19-9-7-15-10-12-6-8-18-11-12/h2-6,8,11,15H,7,9-10H2,1H3. The molecule has 0 aliphatic carbocycles. The molecule has 1 aromatic carbocycles. The molecule has 0 spiro atoms. The van der Waals surface area contributed by atoms with Crippen LogP contribution in [0.5, 0.6) is 0 Å². The van der Waals surface area contributed by atoms with Crippen molar-refractivity contribution in [2.75, 3.05) is 18.6 Å². The molecule has 0 saturated carbocycles. The van der Waals surface area contributed by atoms with Crippen molar-refractivity contribution >= 4 is 21.6 Å². The highest BCUT2D eigenvalue weighted by atomic mass is 32.2. The molecule has 1 N–H and O–H groups in total. The monoisotopic (exact) mass is 311 g/mol. The number of furan rings is 1. The number of rotatable bonds is 7. The largest absolute Gasteiger partial charge is 0.472 e. The quantitative estimate of drug-likeness (QED) is 0.629. The average molecular weight is 311 g/mol. The van der Waals surface area contributed by atoms with E-state index in [1.165, 1.54) is 6.26 Å². The minimum Gasteiger partial charge on any atom is -0.472 e. The predicted molar refractivity (Wildman–Crippen MR) is 80.7 cm³/mol. The summed E-state index contributed by atoms with van der Waals surface area (Å²) in [7, 11) is -3.10. The Morgan fingerprint density at radius 3 is 2.55 bits per heavy atom. The number of hydrogen-bond donors (Lipinski definition) is 1. The molecule has 0 unspecified atom stereocenters. The summed E-state index contributed by atoms with van der Waals surface area (Å²) in [5, 5.41) is 3.32. The van der Waals surface area contributed by atoms with Gasteiger partial charge in [-0.15, -0.1) is 11.8 Å². The van der Waals surface area contributed by atoms with Gasteiger partial charge in [0.05, 0.1) is 17.4 Å². The SMILES string of the molecule is CS(=O)(=O)c1ccc(SCCNCc2ccoc2)cc1. The van der Waals surface area contributed by atoms with Gasteiger partial charge in [-0.1, -0.05) is 0 Å². The molecule has 2 rings (SSSR count). The minimum absolute atomic E-state index is 0.361. The van der Waals surface area contributed by atoms with Crippen LogP contribution in [-0.4, -0.2) is 27.0 Å². The third-order valence-corrected chi connectivity index (χ3v) is 4.85. The van der Waals surface area contributed by atoms with Gasteiger partial charge >= 0.3 is 0 Å². The molecule has 0 aliphatic heterocycles. The summed E-state index contributed by atoms with van der Waals surface area (Å²) in [6.07, 6.45) is 4.61. The molecule has 4 nitrogen and oxygen atoms in total. The van der Waals surface area contributed by atoms with E-state index in [-0.39, 0.29) is 0 Å². The number of thioether (sulfide) groups is 1. The average Bonchev–Trinajstić information content (AvgIpc) is 2.91. The molecule has 1 heterocycles. The molecule has 0 aliphatic rings. The van der Waals surface area contributed by atoms with E-state index >= 15 is 0 Å². The van der Waals surface area contributed by atoms with Crippen molar-refractivity contribution in [3.63, 3.8) is 0 Å². The molecule has 20 heavy (non-hydrogen) atoms. The third-order valence-electron chi connectivity index (χ3n) is 2.71. The Balaban J connectivity index is 1.72. The van der Waals surface area contributed by atoms with Crippen molar-refractivity contribution in [1.29, 1.82) is 0 Å². The van der Waals surface area contributed by atoms with Crippen LogP contribution in [0.3, 0.4) is 0 Å². The van der Waals surface area contributed by atoms with Gasteiger partial charge in [0.25, 0.3) is 0 Å². The highest BCUT2D eigenvalue weighted by Crippen LogP contribution is 2.19. The van der Waals surface area contributed by atoms with Crippen LogP contribution < -0.4 is 5.32 Å². The van der Waals surface area contributed by atoms with Gasteiger partial charge in [0.2, 0.25) is 0 Å². The van der Waals surface area contributed by atoms with E-state index in [1.54, 1.807) is 36.4 Å². The Morgan fingerprint density at radius 2 is 1.95 bits per heavy atom. The summed E-state index contributed by atoms with van der Waals surface area (Å²) < 4.78 is 27.6. The highest BCUT2D eigenvalue weighted by molar-refractivity contribution is 7.99. The summed E-state index contributed by atoms with van der Waals surface area (Å²) in [6.45, 7) is 1.67. The minimum atomic E-state index is -3.10. The molecule has 0 radical (unpaired) electrons. The zero-order chi connectivity index (χ0) is 14.4. The Labute approximate surface area is 123 Å². The van der Waals surface area contributed by atoms with E-state index in [4.69, 9.17) is 4.42 Å². The molecule has 1 aromatic heterocycles. The van der Waals surface area contributed by atoms with Crippen LogP contribution in [0.2, 0.25) is 0 Å². The first-order valence-electron chi connectivity index (χ1n) is 6.20. The fourth-order valence-electron chi connectivity index (χ4n) is 1.65. The number of hydrogen-bond acceptors (Lipinski definition) is 5. The Hall–Kier alpha value is -1.24. The first-order valence-corrected chi connectivity index (χ1v) is 9.08. The zero-order valence-corrected chi connectivity index (χ0v) is 12.8. The zero-order valence-electron chi connectivity index (χ0n) is 11.2. The lowest BCUT2D eigenvalue weighted by atomic mass is 10.3. The van der Waals surface area contributed by atoms with Crippen LogP contribution in [0.15, 0.2) is 57.1 Å². The summed E-state index contributed by atoms with van der Waals surface area (Å²) >= 11 is 1.70. The Bertz CT molecular complexity index is 619. The molecule has 6 heteroatoms. The lowest BCUT2D eigenvalue weighted by Gasteiger charge is -2.04. The van der Waals surface area contributed by atoms with Crippen LogP contribution in [-0.2, 0) is 16.4 Å². The fraction of sp³-hybridized carbons (Fsp3) is 0.286. The number of nitrogens with one attached hydrogen (secondary N) is 1. The lowest BCUT2D eigenvalue weighted by Crippen LogP contribution is -2.15. The fourth-order valence-corrected chi connectivity index (χ4v) is 3.09. The number of sulfone groups is 1. The summed E-state index contributed by atoms with van der Waals surface area (Å²) in [6, 6.07) is 8.92. The van der Waals surface area contributed by atoms with Crippen LogP contribution in [0, 0.1) is 0 Å². The van der Waals surface area contributed by atoms with Gasteiger partial charge in [0.1, 0.15) is 0 Å². The van der Waals surface area contributed by atoms with E-state index in [0.717, 1.165) is 29.3 Å². The topological polar surface area (TPSA) is 59.3 Å². The van der Waals surface area contributed by atoms with Crippen LogP contribution >= 0.6 is 11.8 Å². The predicted octanol–water partition coefficient (Wildman–Crippen LogP) is 2.57. The maximum atomic E-state index is 11.3. The summed E-state index contributed by atoms with van der Waals surface area (Å²) in [5.41, 5.74) is 1.13. The van der Waals surface area contributed by atoms with Crippen molar-refractivity contribution in [3.8, 4) is 0 Å². The molecule has 108 valence electrons. The molecule has 0 atom stereocenters. The van der Waals surface area contributed by atoms with Crippen molar-refractivity contribution in [1.82, 2.24) is 5.32 Å². The maximum Gasteiger partial charge on any atom is 0.175 e. The summed E-state index contributed by atoms with van der Waals surface area (Å²) in [4.78, 5) is 1.43. The van der Waals surface area contributed by atoms with Crippen LogP contribution in [0.4, 0.5) is 0 Å². The first kappa shape index (κ1) is 15.2. The van der Waals surface area contributed by atoms with Crippen LogP contribution in [0.25, 0.3) is 0 Å². The smallest absolute Gasteiger partial charge is 0.175 e. The van der Waals surface area contributed by atoms with Crippen molar-refractivity contribution < 1.29 is 12.8 Å². The van der Waals surface area contributed by atoms with E-state index in [0.29, 0.717) is 4.90 Å². The van der Waals surface area contributed by atoms with Gasteiger partial charge in [-0.25, -0.2) is 8.42 Å². The van der Waals surface area contributed by atoms with Crippen molar-refractivity contribution in [2.24, 2.45) is 0 Å². The van der Waals surface area contributed by atoms with Gasteiger partial charge < -0.3 is 9.73 Å². The highest BCUT2D eigenvalue weighted by Gasteiger charge is 2.05. The normalized spacial score (nSPS) is 11.7. The molecular formula is C14H17NO3S2. The van der Waals surface area contributed by atoms with Gasteiger partial charge in [0.15, 0.2) is 9.84 Å². The Kier molecular flexibility index (Phi) is 5.28.